The van der Waals surface area contributed by atoms with Crippen LogP contribution in [0.2, 0.25) is 0 Å². The number of allylic oxidation sites excluding steroid dienone is 3. The second-order valence-electron chi connectivity index (χ2n) is 4.89. The largest absolute Gasteiger partial charge is 0.305 e. The highest BCUT2D eigenvalue weighted by molar-refractivity contribution is 5.02. The van der Waals surface area contributed by atoms with Crippen molar-refractivity contribution in [2.75, 3.05) is 21.1 Å². The SMILES string of the molecule is C[N+](C)(C)/C=C/C=C/C1CCCC1. The predicted molar refractivity (Wildman–Crippen MR) is 58.3 cm³/mol. The molecule has 0 aromatic rings. The molecule has 0 aliphatic heterocycles. The molecule has 0 spiro atoms. The molecule has 0 amide bonds. The molecular formula is C12H22N+. The van der Waals surface area contributed by atoms with Gasteiger partial charge in [-0.15, -0.1) is 0 Å². The Kier molecular flexibility index (Phi) is 3.73. The Morgan fingerprint density at radius 2 is 1.62 bits per heavy atom. The zero-order valence-corrected chi connectivity index (χ0v) is 9.16. The first kappa shape index (κ1) is 10.5. The average molecular weight is 180 g/mol. The van der Waals surface area contributed by atoms with Crippen molar-refractivity contribution in [3.8, 4) is 0 Å². The van der Waals surface area contributed by atoms with Crippen molar-refractivity contribution in [3.05, 3.63) is 24.4 Å². The van der Waals surface area contributed by atoms with Gasteiger partial charge in [0, 0.05) is 0 Å². The molecule has 74 valence electrons. The zero-order valence-electron chi connectivity index (χ0n) is 9.16. The van der Waals surface area contributed by atoms with Crippen LogP contribution in [0.25, 0.3) is 0 Å². The Morgan fingerprint density at radius 1 is 1.00 bits per heavy atom. The number of quaternary nitrogens is 1. The minimum atomic E-state index is 0.858. The van der Waals surface area contributed by atoms with Crippen LogP contribution in [0, 0.1) is 5.92 Å². The number of hydrogen-bond donors (Lipinski definition) is 0. The Labute approximate surface area is 82.3 Å². The van der Waals surface area contributed by atoms with Crippen molar-refractivity contribution in [3.63, 3.8) is 0 Å². The molecule has 1 aliphatic carbocycles. The molecule has 0 aromatic heterocycles. The molecule has 1 heteroatoms. The van der Waals surface area contributed by atoms with Gasteiger partial charge in [0.05, 0.1) is 27.3 Å². The summed E-state index contributed by atoms with van der Waals surface area (Å²) in [4.78, 5) is 0. The minimum absolute atomic E-state index is 0.858. The van der Waals surface area contributed by atoms with Crippen molar-refractivity contribution in [1.29, 1.82) is 0 Å². The smallest absolute Gasteiger partial charge is 0.0952 e. The Bertz CT molecular complexity index is 190. The molecule has 0 radical (unpaired) electrons. The van der Waals surface area contributed by atoms with E-state index in [1.165, 1.54) is 25.7 Å². The van der Waals surface area contributed by atoms with E-state index in [0.717, 1.165) is 10.4 Å². The van der Waals surface area contributed by atoms with Crippen LogP contribution in [-0.4, -0.2) is 25.6 Å². The molecular weight excluding hydrogens is 158 g/mol. The highest BCUT2D eigenvalue weighted by Gasteiger charge is 2.10. The van der Waals surface area contributed by atoms with Crippen LogP contribution in [0.5, 0.6) is 0 Å². The van der Waals surface area contributed by atoms with Crippen LogP contribution in [-0.2, 0) is 0 Å². The first-order chi connectivity index (χ1) is 6.08. The summed E-state index contributed by atoms with van der Waals surface area (Å²) in [5, 5.41) is 0. The maximum Gasteiger partial charge on any atom is 0.0952 e. The molecule has 0 unspecified atom stereocenters. The third kappa shape index (κ3) is 4.89. The van der Waals surface area contributed by atoms with Gasteiger partial charge in [-0.1, -0.05) is 25.0 Å². The maximum atomic E-state index is 2.36. The summed E-state index contributed by atoms with van der Waals surface area (Å²) in [6.07, 6.45) is 14.6. The minimum Gasteiger partial charge on any atom is -0.305 e. The fourth-order valence-corrected chi connectivity index (χ4v) is 1.68. The van der Waals surface area contributed by atoms with Crippen LogP contribution >= 0.6 is 0 Å². The lowest BCUT2D eigenvalue weighted by atomic mass is 10.1. The summed E-state index contributed by atoms with van der Waals surface area (Å²) in [6.45, 7) is 0. The maximum absolute atomic E-state index is 2.36. The highest BCUT2D eigenvalue weighted by Crippen LogP contribution is 2.25. The molecule has 1 saturated carbocycles. The van der Waals surface area contributed by atoms with E-state index in [9.17, 15) is 0 Å². The summed E-state index contributed by atoms with van der Waals surface area (Å²) in [5.74, 6) is 0.858. The van der Waals surface area contributed by atoms with Crippen molar-refractivity contribution in [2.24, 2.45) is 5.92 Å². The normalized spacial score (nSPS) is 20.8. The van der Waals surface area contributed by atoms with Crippen molar-refractivity contribution in [2.45, 2.75) is 25.7 Å². The van der Waals surface area contributed by atoms with Crippen molar-refractivity contribution in [1.82, 2.24) is 0 Å². The van der Waals surface area contributed by atoms with Gasteiger partial charge in [0.2, 0.25) is 0 Å². The van der Waals surface area contributed by atoms with Gasteiger partial charge < -0.3 is 4.48 Å². The number of hydrogen-bond acceptors (Lipinski definition) is 0. The van der Waals surface area contributed by atoms with Gasteiger partial charge in [-0.2, -0.15) is 0 Å². The van der Waals surface area contributed by atoms with Crippen LogP contribution in [0.3, 0.4) is 0 Å². The van der Waals surface area contributed by atoms with E-state index in [-0.39, 0.29) is 0 Å². The summed E-state index contributed by atoms with van der Waals surface area (Å²) in [7, 11) is 6.50. The van der Waals surface area contributed by atoms with E-state index in [4.69, 9.17) is 0 Å². The Balaban J connectivity index is 2.28. The second-order valence-corrected chi connectivity index (χ2v) is 4.89. The van der Waals surface area contributed by atoms with E-state index in [0.29, 0.717) is 0 Å². The molecule has 0 saturated heterocycles. The Hall–Kier alpha value is -0.560. The van der Waals surface area contributed by atoms with Crippen LogP contribution in [0.15, 0.2) is 24.4 Å². The summed E-state index contributed by atoms with van der Waals surface area (Å²) in [6, 6.07) is 0. The molecule has 0 atom stereocenters. The van der Waals surface area contributed by atoms with Crippen LogP contribution in [0.1, 0.15) is 25.7 Å². The third-order valence-electron chi connectivity index (χ3n) is 2.43. The lowest BCUT2D eigenvalue weighted by molar-refractivity contribution is -0.817. The molecule has 13 heavy (non-hydrogen) atoms. The fraction of sp³-hybridized carbons (Fsp3) is 0.667. The molecule has 0 N–H and O–H groups in total. The third-order valence-corrected chi connectivity index (χ3v) is 2.43. The molecule has 0 aromatic carbocycles. The van der Waals surface area contributed by atoms with Gasteiger partial charge in [-0.25, -0.2) is 0 Å². The molecule has 1 aliphatic rings. The average Bonchev–Trinajstić information content (AvgIpc) is 2.48. The highest BCUT2D eigenvalue weighted by atomic mass is 15.3. The second kappa shape index (κ2) is 4.61. The summed E-state index contributed by atoms with van der Waals surface area (Å²) in [5.41, 5.74) is 0. The van der Waals surface area contributed by atoms with E-state index < -0.39 is 0 Å². The first-order valence-corrected chi connectivity index (χ1v) is 5.25. The van der Waals surface area contributed by atoms with Crippen LogP contribution < -0.4 is 0 Å². The van der Waals surface area contributed by atoms with Crippen molar-refractivity contribution < 1.29 is 4.48 Å². The van der Waals surface area contributed by atoms with Gasteiger partial charge in [0.25, 0.3) is 0 Å². The van der Waals surface area contributed by atoms with E-state index in [1.54, 1.807) is 0 Å². The lowest BCUT2D eigenvalue weighted by Gasteiger charge is -2.16. The Morgan fingerprint density at radius 3 is 2.15 bits per heavy atom. The van der Waals surface area contributed by atoms with Crippen LogP contribution in [0.4, 0.5) is 0 Å². The monoisotopic (exact) mass is 180 g/mol. The standard InChI is InChI=1S/C12H22N/c1-13(2,3)11-7-6-10-12-8-4-5-9-12/h6-7,10-12H,4-5,8-9H2,1-3H3/q+1/b10-6+,11-7+. The molecule has 1 fully saturated rings. The number of nitrogens with zero attached hydrogens (tertiary/aromatic N) is 1. The van der Waals surface area contributed by atoms with Gasteiger partial charge in [-0.05, 0) is 24.8 Å². The molecule has 1 rings (SSSR count). The predicted octanol–water partition coefficient (Wildman–Crippen LogP) is 2.95. The van der Waals surface area contributed by atoms with Crippen molar-refractivity contribution >= 4 is 0 Å². The van der Waals surface area contributed by atoms with Gasteiger partial charge >= 0.3 is 0 Å². The number of rotatable bonds is 3. The van der Waals surface area contributed by atoms with E-state index >= 15 is 0 Å². The lowest BCUT2D eigenvalue weighted by Crippen LogP contribution is -2.26. The van der Waals surface area contributed by atoms with Gasteiger partial charge in [0.15, 0.2) is 0 Å². The zero-order chi connectivity index (χ0) is 9.73. The first-order valence-electron chi connectivity index (χ1n) is 5.25. The molecule has 0 bridgehead atoms. The van der Waals surface area contributed by atoms with Gasteiger partial charge in [-0.3, -0.25) is 0 Å². The fourth-order valence-electron chi connectivity index (χ4n) is 1.68. The van der Waals surface area contributed by atoms with E-state index in [2.05, 4.69) is 45.6 Å². The molecule has 1 nitrogen and oxygen atoms in total. The quantitative estimate of drug-likeness (QED) is 0.463. The topological polar surface area (TPSA) is 0 Å². The summed E-state index contributed by atoms with van der Waals surface area (Å²) < 4.78 is 0.898. The molecule has 0 heterocycles. The summed E-state index contributed by atoms with van der Waals surface area (Å²) >= 11 is 0. The van der Waals surface area contributed by atoms with E-state index in [1.807, 2.05) is 0 Å². The van der Waals surface area contributed by atoms with Gasteiger partial charge in [0.1, 0.15) is 0 Å².